The van der Waals surface area contributed by atoms with Crippen molar-refractivity contribution in [1.29, 1.82) is 0 Å². The molecular weight excluding hydrogens is 454 g/mol. The van der Waals surface area contributed by atoms with Gasteiger partial charge in [-0.05, 0) is 56.6 Å². The molecule has 172 valence electrons. The molecule has 0 aliphatic heterocycles. The molecule has 0 bridgehead atoms. The molecule has 0 radical (unpaired) electrons. The summed E-state index contributed by atoms with van der Waals surface area (Å²) in [6.07, 6.45) is 2.39. The first-order chi connectivity index (χ1) is 15.3. The van der Waals surface area contributed by atoms with E-state index in [9.17, 15) is 13.2 Å². The van der Waals surface area contributed by atoms with Gasteiger partial charge in [-0.3, -0.25) is 4.79 Å². The highest BCUT2D eigenvalue weighted by molar-refractivity contribution is 7.62. The average Bonchev–Trinajstić information content (AvgIpc) is 3.05. The molecule has 0 unspecified atom stereocenters. The summed E-state index contributed by atoms with van der Waals surface area (Å²) in [4.78, 5) is 20.5. The number of aromatic nitrogens is 3. The van der Waals surface area contributed by atoms with Crippen molar-refractivity contribution in [1.82, 2.24) is 14.5 Å². The van der Waals surface area contributed by atoms with Crippen LogP contribution in [0.4, 0.5) is 0 Å². The summed E-state index contributed by atoms with van der Waals surface area (Å²) < 4.78 is 31.4. The van der Waals surface area contributed by atoms with Gasteiger partial charge in [0, 0.05) is 5.02 Å². The fraction of sp³-hybridized carbons (Fsp3) is 0.381. The molecular formula is C21H26ClN5O4S. The van der Waals surface area contributed by atoms with Crippen LogP contribution in [0, 0.1) is 6.92 Å². The van der Waals surface area contributed by atoms with Crippen molar-refractivity contribution < 1.29 is 17.9 Å². The maximum Gasteiger partial charge on any atom is 0.319 e. The third-order valence-electron chi connectivity index (χ3n) is 4.38. The number of ether oxygens (including phenoxy) is 1. The van der Waals surface area contributed by atoms with Gasteiger partial charge in [-0.25, -0.2) is 9.97 Å². The van der Waals surface area contributed by atoms with Crippen LogP contribution in [-0.4, -0.2) is 42.0 Å². The molecule has 0 saturated heterocycles. The second kappa shape index (κ2) is 12.3. The van der Waals surface area contributed by atoms with E-state index in [4.69, 9.17) is 22.1 Å². The maximum atomic E-state index is 11.8. The molecule has 0 aliphatic rings. The number of carbonyl (C=O) groups excluding carboxylic acids is 1. The summed E-state index contributed by atoms with van der Waals surface area (Å²) in [7, 11) is -2.84. The molecule has 1 amide bonds. The second-order valence-electron chi connectivity index (χ2n) is 6.73. The van der Waals surface area contributed by atoms with Crippen molar-refractivity contribution in [2.45, 2.75) is 40.2 Å². The van der Waals surface area contributed by atoms with Crippen LogP contribution in [0.2, 0.25) is 5.02 Å². The Bertz CT molecular complexity index is 1210. The van der Waals surface area contributed by atoms with Crippen LogP contribution in [-0.2, 0) is 17.0 Å². The summed E-state index contributed by atoms with van der Waals surface area (Å²) in [5, 5.41) is 0.534. The number of hydrogen-bond acceptors (Lipinski definition) is 7. The van der Waals surface area contributed by atoms with Crippen molar-refractivity contribution in [3.63, 3.8) is 0 Å². The van der Waals surface area contributed by atoms with Gasteiger partial charge in [0.05, 0.1) is 13.2 Å². The van der Waals surface area contributed by atoms with E-state index in [1.54, 1.807) is 16.7 Å². The third kappa shape index (κ3) is 6.84. The number of halogens is 1. The van der Waals surface area contributed by atoms with Crippen molar-refractivity contribution >= 4 is 39.2 Å². The SMILES string of the molecule is CCCCN.CCOc1ccc(Cn2c(C)nc3ccc(C(=O)N=S(=O)=O)nc32)c(Cl)c1. The van der Waals surface area contributed by atoms with Gasteiger partial charge < -0.3 is 15.0 Å². The minimum absolute atomic E-state index is 0.0781. The summed E-state index contributed by atoms with van der Waals surface area (Å²) in [6, 6.07) is 8.40. The van der Waals surface area contributed by atoms with Crippen LogP contribution < -0.4 is 10.5 Å². The summed E-state index contributed by atoms with van der Waals surface area (Å²) in [5.74, 6) is 0.419. The number of aryl methyl sites for hydroxylation is 1. The van der Waals surface area contributed by atoms with Gasteiger partial charge in [-0.1, -0.05) is 35.4 Å². The van der Waals surface area contributed by atoms with Crippen molar-refractivity contribution in [3.8, 4) is 5.75 Å². The maximum absolute atomic E-state index is 11.8. The summed E-state index contributed by atoms with van der Waals surface area (Å²) >= 11 is 6.35. The number of benzene rings is 1. The fourth-order valence-corrected chi connectivity index (χ4v) is 3.28. The Morgan fingerprint density at radius 3 is 2.53 bits per heavy atom. The van der Waals surface area contributed by atoms with Gasteiger partial charge in [0.2, 0.25) is 0 Å². The van der Waals surface area contributed by atoms with Crippen LogP contribution >= 0.6 is 11.6 Å². The number of nitrogens with two attached hydrogens (primary N) is 1. The number of nitrogens with zero attached hydrogens (tertiary/aromatic N) is 4. The lowest BCUT2D eigenvalue weighted by atomic mass is 10.2. The third-order valence-corrected chi connectivity index (χ3v) is 5.05. The van der Waals surface area contributed by atoms with E-state index in [2.05, 4.69) is 21.3 Å². The Morgan fingerprint density at radius 2 is 1.97 bits per heavy atom. The smallest absolute Gasteiger partial charge is 0.319 e. The number of carbonyl (C=O) groups is 1. The first-order valence-corrected chi connectivity index (χ1v) is 11.5. The Labute approximate surface area is 193 Å². The first-order valence-electron chi connectivity index (χ1n) is 10.1. The van der Waals surface area contributed by atoms with E-state index in [0.29, 0.717) is 40.9 Å². The zero-order chi connectivity index (χ0) is 23.7. The number of amides is 1. The molecule has 1 aromatic carbocycles. The lowest BCUT2D eigenvalue weighted by molar-refractivity contribution is 0.100. The van der Waals surface area contributed by atoms with Gasteiger partial charge in [0.25, 0.3) is 0 Å². The molecule has 32 heavy (non-hydrogen) atoms. The number of imidazole rings is 1. The van der Waals surface area contributed by atoms with Crippen LogP contribution in [0.5, 0.6) is 5.75 Å². The Morgan fingerprint density at radius 1 is 1.22 bits per heavy atom. The molecule has 0 fully saturated rings. The average molecular weight is 480 g/mol. The zero-order valence-corrected chi connectivity index (χ0v) is 19.8. The van der Waals surface area contributed by atoms with Gasteiger partial charge in [0.1, 0.15) is 22.8 Å². The van der Waals surface area contributed by atoms with Crippen molar-refractivity contribution in [3.05, 3.63) is 52.4 Å². The molecule has 11 heteroatoms. The zero-order valence-electron chi connectivity index (χ0n) is 18.2. The Kier molecular flexibility index (Phi) is 9.76. The number of unbranched alkanes of at least 4 members (excludes halogenated alkanes) is 1. The highest BCUT2D eigenvalue weighted by atomic mass is 35.5. The number of rotatable bonds is 7. The predicted octanol–water partition coefficient (Wildman–Crippen LogP) is 3.79. The minimum atomic E-state index is -2.84. The minimum Gasteiger partial charge on any atom is -0.494 e. The lowest BCUT2D eigenvalue weighted by Crippen LogP contribution is -2.06. The van der Waals surface area contributed by atoms with Crippen LogP contribution in [0.1, 0.15) is 48.6 Å². The molecule has 3 rings (SSSR count). The first kappa shape index (κ1) is 25.4. The Hall–Kier alpha value is -2.82. The summed E-state index contributed by atoms with van der Waals surface area (Å²) in [5.41, 5.74) is 6.90. The summed E-state index contributed by atoms with van der Waals surface area (Å²) in [6.45, 7) is 7.60. The van der Waals surface area contributed by atoms with Crippen LogP contribution in [0.25, 0.3) is 11.2 Å². The van der Waals surface area contributed by atoms with Gasteiger partial charge in [-0.2, -0.15) is 8.42 Å². The monoisotopic (exact) mass is 479 g/mol. The van der Waals surface area contributed by atoms with Gasteiger partial charge >= 0.3 is 16.4 Å². The van der Waals surface area contributed by atoms with E-state index in [1.807, 2.05) is 26.0 Å². The van der Waals surface area contributed by atoms with E-state index in [-0.39, 0.29) is 5.69 Å². The number of hydrogen-bond donors (Lipinski definition) is 1. The molecule has 3 aromatic rings. The highest BCUT2D eigenvalue weighted by Crippen LogP contribution is 2.25. The molecule has 9 nitrogen and oxygen atoms in total. The van der Waals surface area contributed by atoms with Crippen LogP contribution in [0.15, 0.2) is 34.7 Å². The molecule has 0 aliphatic carbocycles. The standard InChI is InChI=1S/C17H15ClN4O4S.C4H11N/c1-3-26-12-5-4-11(13(18)8-12)9-22-10(2)19-14-6-7-15(20-16(14)22)17(23)21-27(24)25;1-2-3-4-5/h4-8H,3,9H2,1-2H3;2-5H2,1H3. The van der Waals surface area contributed by atoms with Crippen molar-refractivity contribution in [2.24, 2.45) is 10.1 Å². The van der Waals surface area contributed by atoms with E-state index in [0.717, 1.165) is 12.1 Å². The fourth-order valence-electron chi connectivity index (χ4n) is 2.82. The van der Waals surface area contributed by atoms with Gasteiger partial charge in [0.15, 0.2) is 5.65 Å². The predicted molar refractivity (Wildman–Crippen MR) is 124 cm³/mol. The normalized spacial score (nSPS) is 10.4. The molecule has 2 heterocycles. The Balaban J connectivity index is 0.000000654. The molecule has 0 saturated carbocycles. The van der Waals surface area contributed by atoms with Gasteiger partial charge in [-0.15, -0.1) is 0 Å². The van der Waals surface area contributed by atoms with E-state index < -0.39 is 16.4 Å². The quantitative estimate of drug-likeness (QED) is 0.545. The molecule has 2 N–H and O–H groups in total. The molecule has 0 atom stereocenters. The highest BCUT2D eigenvalue weighted by Gasteiger charge is 2.15. The van der Waals surface area contributed by atoms with Crippen molar-refractivity contribution in [2.75, 3.05) is 13.2 Å². The number of pyridine rings is 1. The van der Waals surface area contributed by atoms with E-state index >= 15 is 0 Å². The number of fused-ring (bicyclic) bond motifs is 1. The molecule has 2 aromatic heterocycles. The molecule has 0 spiro atoms. The second-order valence-corrected chi connectivity index (χ2v) is 7.75. The van der Waals surface area contributed by atoms with E-state index in [1.165, 1.54) is 18.9 Å². The lowest BCUT2D eigenvalue weighted by Gasteiger charge is -2.10. The topological polar surface area (TPSA) is 130 Å². The largest absolute Gasteiger partial charge is 0.494 e. The van der Waals surface area contributed by atoms with Crippen LogP contribution in [0.3, 0.4) is 0 Å².